The predicted molar refractivity (Wildman–Crippen MR) is 82.9 cm³/mol. The Labute approximate surface area is 130 Å². The van der Waals surface area contributed by atoms with Crippen LogP contribution in [0.25, 0.3) is 6.08 Å². The van der Waals surface area contributed by atoms with E-state index in [0.717, 1.165) is 5.56 Å². The van der Waals surface area contributed by atoms with Gasteiger partial charge in [0.25, 0.3) is 5.69 Å². The Kier molecular flexibility index (Phi) is 4.73. The summed E-state index contributed by atoms with van der Waals surface area (Å²) in [6.45, 7) is 0. The minimum absolute atomic E-state index is 0.0555. The lowest BCUT2D eigenvalue weighted by Crippen LogP contribution is -1.95. The number of rotatable bonds is 4. The molecule has 0 aromatic heterocycles. The molecule has 0 saturated carbocycles. The minimum Gasteiger partial charge on any atom is -0.289 e. The lowest BCUT2D eigenvalue weighted by atomic mass is 10.1. The van der Waals surface area contributed by atoms with E-state index in [4.69, 9.17) is 23.2 Å². The lowest BCUT2D eigenvalue weighted by molar-refractivity contribution is -0.384. The second-order valence-electron chi connectivity index (χ2n) is 4.18. The molecule has 0 saturated heterocycles. The van der Waals surface area contributed by atoms with Gasteiger partial charge in [0.15, 0.2) is 5.78 Å². The smallest absolute Gasteiger partial charge is 0.269 e. The first-order chi connectivity index (χ1) is 9.97. The van der Waals surface area contributed by atoms with Crippen LogP contribution in [0.15, 0.2) is 48.5 Å². The van der Waals surface area contributed by atoms with E-state index < -0.39 is 4.92 Å². The first-order valence-electron chi connectivity index (χ1n) is 5.89. The normalized spacial score (nSPS) is 10.8. The number of hydrogen-bond acceptors (Lipinski definition) is 3. The van der Waals surface area contributed by atoms with Crippen LogP contribution in [0.2, 0.25) is 10.0 Å². The Bertz CT molecular complexity index is 724. The first-order valence-corrected chi connectivity index (χ1v) is 6.65. The molecule has 4 nitrogen and oxygen atoms in total. The van der Waals surface area contributed by atoms with Crippen LogP contribution in [-0.2, 0) is 0 Å². The zero-order valence-corrected chi connectivity index (χ0v) is 12.1. The van der Waals surface area contributed by atoms with Gasteiger partial charge < -0.3 is 0 Å². The molecule has 0 atom stereocenters. The Hall–Kier alpha value is -2.17. The van der Waals surface area contributed by atoms with Crippen molar-refractivity contribution >= 4 is 40.7 Å². The molecule has 0 spiro atoms. The molecule has 0 aliphatic carbocycles. The number of non-ortho nitro benzene ring substituents is 1. The summed E-state index contributed by atoms with van der Waals surface area (Å²) in [5, 5.41) is 11.4. The van der Waals surface area contributed by atoms with Crippen molar-refractivity contribution in [3.05, 3.63) is 79.8 Å². The van der Waals surface area contributed by atoms with E-state index in [1.165, 1.54) is 30.3 Å². The highest BCUT2D eigenvalue weighted by Gasteiger charge is 2.07. The highest BCUT2D eigenvalue weighted by atomic mass is 35.5. The molecule has 0 N–H and O–H groups in total. The van der Waals surface area contributed by atoms with Crippen molar-refractivity contribution in [1.82, 2.24) is 0 Å². The van der Waals surface area contributed by atoms with Gasteiger partial charge in [-0.05, 0) is 35.9 Å². The summed E-state index contributed by atoms with van der Waals surface area (Å²) in [5.41, 5.74) is 1.05. The molecule has 0 radical (unpaired) electrons. The van der Waals surface area contributed by atoms with Crippen LogP contribution in [0.1, 0.15) is 15.9 Å². The van der Waals surface area contributed by atoms with Gasteiger partial charge in [0.05, 0.1) is 15.0 Å². The maximum Gasteiger partial charge on any atom is 0.269 e. The van der Waals surface area contributed by atoms with Gasteiger partial charge in [0.2, 0.25) is 0 Å². The van der Waals surface area contributed by atoms with E-state index in [0.29, 0.717) is 15.6 Å². The number of nitro benzene ring substituents is 1. The van der Waals surface area contributed by atoms with Crippen LogP contribution in [-0.4, -0.2) is 10.7 Å². The largest absolute Gasteiger partial charge is 0.289 e. The van der Waals surface area contributed by atoms with E-state index in [-0.39, 0.29) is 11.5 Å². The first kappa shape index (κ1) is 15.2. The van der Waals surface area contributed by atoms with E-state index >= 15 is 0 Å². The highest BCUT2D eigenvalue weighted by molar-refractivity contribution is 6.42. The molecule has 0 bridgehead atoms. The van der Waals surface area contributed by atoms with Gasteiger partial charge in [-0.25, -0.2) is 0 Å². The van der Waals surface area contributed by atoms with E-state index in [1.807, 2.05) is 0 Å². The summed E-state index contributed by atoms with van der Waals surface area (Å²) in [6, 6.07) is 10.4. The molecule has 106 valence electrons. The van der Waals surface area contributed by atoms with Gasteiger partial charge in [0, 0.05) is 17.7 Å². The molecule has 2 rings (SSSR count). The molecule has 0 unspecified atom stereocenters. The average molecular weight is 322 g/mol. The number of nitro groups is 1. The third-order valence-corrected chi connectivity index (χ3v) is 3.47. The standard InChI is InChI=1S/C15H9Cl2NO3/c16-13-7-1-10(9-14(13)17)2-8-15(19)11-3-5-12(6-4-11)18(20)21/h1-9H/b8-2-. The summed E-state index contributed by atoms with van der Waals surface area (Å²) < 4.78 is 0. The fourth-order valence-electron chi connectivity index (χ4n) is 1.63. The van der Waals surface area contributed by atoms with E-state index in [9.17, 15) is 14.9 Å². The molecule has 2 aromatic rings. The maximum absolute atomic E-state index is 11.9. The number of halogens is 2. The number of carbonyl (C=O) groups excluding carboxylic acids is 1. The Morgan fingerprint density at radius 3 is 2.29 bits per heavy atom. The van der Waals surface area contributed by atoms with Crippen LogP contribution in [0, 0.1) is 10.1 Å². The molecule has 2 aromatic carbocycles. The number of hydrogen-bond donors (Lipinski definition) is 0. The second-order valence-corrected chi connectivity index (χ2v) is 4.99. The summed E-state index contributed by atoms with van der Waals surface area (Å²) in [4.78, 5) is 22.0. The average Bonchev–Trinajstić information content (AvgIpc) is 2.48. The molecule has 6 heteroatoms. The van der Waals surface area contributed by atoms with Crippen LogP contribution in [0.3, 0.4) is 0 Å². The minimum atomic E-state index is -0.514. The molecule has 0 fully saturated rings. The van der Waals surface area contributed by atoms with Gasteiger partial charge >= 0.3 is 0 Å². The quantitative estimate of drug-likeness (QED) is 0.352. The van der Waals surface area contributed by atoms with Crippen LogP contribution in [0.5, 0.6) is 0 Å². The molecular formula is C15H9Cl2NO3. The number of carbonyl (C=O) groups is 1. The van der Waals surface area contributed by atoms with Crippen molar-refractivity contribution in [1.29, 1.82) is 0 Å². The van der Waals surface area contributed by atoms with Gasteiger partial charge in [-0.2, -0.15) is 0 Å². The Balaban J connectivity index is 2.14. The van der Waals surface area contributed by atoms with Crippen molar-refractivity contribution in [3.63, 3.8) is 0 Å². The van der Waals surface area contributed by atoms with Gasteiger partial charge in [-0.3, -0.25) is 14.9 Å². The second kappa shape index (κ2) is 6.52. The molecule has 0 aliphatic rings. The van der Waals surface area contributed by atoms with Crippen LogP contribution in [0.4, 0.5) is 5.69 Å². The summed E-state index contributed by atoms with van der Waals surface area (Å²) >= 11 is 11.7. The van der Waals surface area contributed by atoms with Crippen LogP contribution < -0.4 is 0 Å². The summed E-state index contributed by atoms with van der Waals surface area (Å²) in [5.74, 6) is -0.254. The Morgan fingerprint density at radius 2 is 1.71 bits per heavy atom. The molecule has 0 amide bonds. The monoisotopic (exact) mass is 321 g/mol. The Morgan fingerprint density at radius 1 is 1.05 bits per heavy atom. The fraction of sp³-hybridized carbons (Fsp3) is 0. The highest BCUT2D eigenvalue weighted by Crippen LogP contribution is 2.23. The van der Waals surface area contributed by atoms with Crippen molar-refractivity contribution in [2.24, 2.45) is 0 Å². The topological polar surface area (TPSA) is 60.2 Å². The van der Waals surface area contributed by atoms with E-state index in [2.05, 4.69) is 0 Å². The maximum atomic E-state index is 11.9. The van der Waals surface area contributed by atoms with Crippen molar-refractivity contribution < 1.29 is 9.72 Å². The third-order valence-electron chi connectivity index (χ3n) is 2.73. The third kappa shape index (κ3) is 3.90. The zero-order valence-electron chi connectivity index (χ0n) is 10.6. The number of benzene rings is 2. The molecule has 0 heterocycles. The van der Waals surface area contributed by atoms with Crippen molar-refractivity contribution in [2.75, 3.05) is 0 Å². The zero-order chi connectivity index (χ0) is 15.4. The summed E-state index contributed by atoms with van der Waals surface area (Å²) in [6.07, 6.45) is 2.98. The predicted octanol–water partition coefficient (Wildman–Crippen LogP) is 4.80. The van der Waals surface area contributed by atoms with Crippen molar-refractivity contribution in [3.8, 4) is 0 Å². The molecule has 0 aliphatic heterocycles. The number of nitrogens with zero attached hydrogens (tertiary/aromatic N) is 1. The van der Waals surface area contributed by atoms with Gasteiger partial charge in [-0.1, -0.05) is 35.3 Å². The van der Waals surface area contributed by atoms with Crippen LogP contribution >= 0.6 is 23.2 Å². The summed E-state index contributed by atoms with van der Waals surface area (Å²) in [7, 11) is 0. The molecular weight excluding hydrogens is 313 g/mol. The van der Waals surface area contributed by atoms with E-state index in [1.54, 1.807) is 24.3 Å². The SMILES string of the molecule is O=C(/C=C\c1ccc(Cl)c(Cl)c1)c1ccc([N+](=O)[O-])cc1. The fourth-order valence-corrected chi connectivity index (χ4v) is 1.94. The van der Waals surface area contributed by atoms with Gasteiger partial charge in [0.1, 0.15) is 0 Å². The van der Waals surface area contributed by atoms with Gasteiger partial charge in [-0.15, -0.1) is 0 Å². The lowest BCUT2D eigenvalue weighted by Gasteiger charge is -1.98. The number of allylic oxidation sites excluding steroid dienone is 1. The number of ketones is 1. The molecule has 21 heavy (non-hydrogen) atoms. The van der Waals surface area contributed by atoms with Crippen molar-refractivity contribution in [2.45, 2.75) is 0 Å².